The molecule has 3 aromatic rings. The van der Waals surface area contributed by atoms with E-state index in [0.29, 0.717) is 30.9 Å². The van der Waals surface area contributed by atoms with Gasteiger partial charge >= 0.3 is 18.6 Å². The largest absolute Gasteiger partial charge is 0.461 e. The molecule has 2 aromatic carbocycles. The molecule has 1 fully saturated rings. The van der Waals surface area contributed by atoms with Crippen LogP contribution in [0.5, 0.6) is 5.75 Å². The Hall–Kier alpha value is -3.44. The first-order chi connectivity index (χ1) is 18.5. The van der Waals surface area contributed by atoms with Crippen molar-refractivity contribution < 1.29 is 36.6 Å². The number of rotatable bonds is 9. The zero-order valence-corrected chi connectivity index (χ0v) is 21.1. The predicted octanol–water partition coefficient (Wildman–Crippen LogP) is 5.81. The summed E-state index contributed by atoms with van der Waals surface area (Å²) in [4.78, 5) is 17.7. The molecule has 1 aliphatic carbocycles. The van der Waals surface area contributed by atoms with E-state index >= 15 is 0 Å². The van der Waals surface area contributed by atoms with E-state index in [1.807, 2.05) is 0 Å². The number of carbonyl (C=O) groups is 1. The Labute approximate surface area is 226 Å². The summed E-state index contributed by atoms with van der Waals surface area (Å²) in [7, 11) is 0. The zero-order valence-electron chi connectivity index (χ0n) is 20.4. The minimum absolute atomic E-state index is 0.0583. The number of nitrogens with zero attached hydrogens (tertiary/aromatic N) is 1. The third-order valence-corrected chi connectivity index (χ3v) is 6.70. The van der Waals surface area contributed by atoms with Crippen molar-refractivity contribution in [3.63, 3.8) is 0 Å². The molecule has 12 heteroatoms. The van der Waals surface area contributed by atoms with Crippen molar-refractivity contribution >= 4 is 17.6 Å². The minimum atomic E-state index is -4.89. The molecule has 1 aromatic heterocycles. The van der Waals surface area contributed by atoms with Gasteiger partial charge in [-0.05, 0) is 54.7 Å². The van der Waals surface area contributed by atoms with Crippen molar-refractivity contribution in [2.75, 3.05) is 0 Å². The van der Waals surface area contributed by atoms with Crippen LogP contribution in [0.15, 0.2) is 66.9 Å². The quantitative estimate of drug-likeness (QED) is 0.284. The lowest BCUT2D eigenvalue weighted by Crippen LogP contribution is -2.55. The molecule has 208 valence electrons. The Morgan fingerprint density at radius 2 is 1.87 bits per heavy atom. The Morgan fingerprint density at radius 1 is 1.13 bits per heavy atom. The van der Waals surface area contributed by atoms with Gasteiger partial charge in [0.2, 0.25) is 0 Å². The molecule has 0 unspecified atom stereocenters. The van der Waals surface area contributed by atoms with Gasteiger partial charge in [-0.2, -0.15) is 17.6 Å². The Kier molecular flexibility index (Phi) is 8.60. The minimum Gasteiger partial charge on any atom is -0.428 e. The SMILES string of the molecule is O=C(N[C@@H]1CCC[C@@H]1O)N[C@@](Cc1ccccc1)(c1cc(F)cc(OC(F)(F)C(F)F)c1)c1ccc(Cl)cn1. The van der Waals surface area contributed by atoms with E-state index in [2.05, 4.69) is 20.4 Å². The third kappa shape index (κ3) is 6.77. The number of alkyl halides is 4. The second kappa shape index (κ2) is 11.7. The third-order valence-electron chi connectivity index (χ3n) is 6.47. The van der Waals surface area contributed by atoms with E-state index in [4.69, 9.17) is 11.6 Å². The molecule has 2 amide bonds. The van der Waals surface area contributed by atoms with E-state index < -0.39 is 47.8 Å². The summed E-state index contributed by atoms with van der Waals surface area (Å²) in [6, 6.07) is 12.8. The van der Waals surface area contributed by atoms with Gasteiger partial charge in [-0.25, -0.2) is 9.18 Å². The first-order valence-corrected chi connectivity index (χ1v) is 12.4. The van der Waals surface area contributed by atoms with Crippen LogP contribution in [0.2, 0.25) is 5.02 Å². The molecule has 0 aliphatic heterocycles. The monoisotopic (exact) mass is 569 g/mol. The number of urea groups is 1. The number of carbonyl (C=O) groups excluding carboxylic acids is 1. The number of nitrogens with one attached hydrogen (secondary N) is 2. The lowest BCUT2D eigenvalue weighted by molar-refractivity contribution is -0.253. The lowest BCUT2D eigenvalue weighted by Gasteiger charge is -2.36. The van der Waals surface area contributed by atoms with Gasteiger partial charge in [0, 0.05) is 18.7 Å². The fourth-order valence-corrected chi connectivity index (χ4v) is 4.74. The molecule has 0 bridgehead atoms. The van der Waals surface area contributed by atoms with E-state index in [1.165, 1.54) is 18.3 Å². The first kappa shape index (κ1) is 28.6. The molecule has 1 saturated carbocycles. The number of benzene rings is 2. The average Bonchev–Trinajstić information content (AvgIpc) is 3.27. The second-order valence-corrected chi connectivity index (χ2v) is 9.71. The molecular formula is C27H25ClF5N3O3. The summed E-state index contributed by atoms with van der Waals surface area (Å²) in [6.45, 7) is 0. The van der Waals surface area contributed by atoms with Crippen LogP contribution < -0.4 is 15.4 Å². The number of amides is 2. The molecule has 3 atom stereocenters. The normalized spacial score (nSPS) is 19.0. The van der Waals surface area contributed by atoms with Gasteiger partial charge in [-0.15, -0.1) is 0 Å². The van der Waals surface area contributed by atoms with Gasteiger partial charge in [0.15, 0.2) is 0 Å². The van der Waals surface area contributed by atoms with Crippen LogP contribution in [-0.2, 0) is 12.0 Å². The molecule has 0 radical (unpaired) electrons. The van der Waals surface area contributed by atoms with Crippen LogP contribution in [0.3, 0.4) is 0 Å². The van der Waals surface area contributed by atoms with Gasteiger partial charge in [-0.1, -0.05) is 41.9 Å². The van der Waals surface area contributed by atoms with Crippen LogP contribution in [0.4, 0.5) is 26.7 Å². The number of aliphatic hydroxyl groups is 1. The Balaban J connectivity index is 1.86. The van der Waals surface area contributed by atoms with E-state index in [9.17, 15) is 31.9 Å². The second-order valence-electron chi connectivity index (χ2n) is 9.27. The van der Waals surface area contributed by atoms with E-state index in [0.717, 1.165) is 12.1 Å². The highest BCUT2D eigenvalue weighted by Crippen LogP contribution is 2.37. The number of hydrogen-bond acceptors (Lipinski definition) is 4. The van der Waals surface area contributed by atoms with Crippen LogP contribution in [0.1, 0.15) is 36.1 Å². The summed E-state index contributed by atoms with van der Waals surface area (Å²) in [5.41, 5.74) is -1.04. The Bertz CT molecular complexity index is 1280. The molecule has 0 spiro atoms. The summed E-state index contributed by atoms with van der Waals surface area (Å²) in [5.74, 6) is -1.96. The summed E-state index contributed by atoms with van der Waals surface area (Å²) < 4.78 is 72.2. The van der Waals surface area contributed by atoms with Gasteiger partial charge in [0.05, 0.1) is 22.9 Å². The summed E-state index contributed by atoms with van der Waals surface area (Å²) in [5, 5.41) is 15.9. The van der Waals surface area contributed by atoms with Crippen molar-refractivity contribution in [1.29, 1.82) is 0 Å². The van der Waals surface area contributed by atoms with Crippen LogP contribution >= 0.6 is 11.6 Å². The molecule has 1 heterocycles. The fourth-order valence-electron chi connectivity index (χ4n) is 4.63. The molecule has 1 aliphatic rings. The van der Waals surface area contributed by atoms with Crippen molar-refractivity contribution in [1.82, 2.24) is 15.6 Å². The number of hydrogen-bond donors (Lipinski definition) is 3. The van der Waals surface area contributed by atoms with Crippen molar-refractivity contribution in [2.24, 2.45) is 0 Å². The highest BCUT2D eigenvalue weighted by atomic mass is 35.5. The fraction of sp³-hybridized carbons (Fsp3) is 0.333. The highest BCUT2D eigenvalue weighted by molar-refractivity contribution is 6.30. The zero-order chi connectivity index (χ0) is 28.2. The summed E-state index contributed by atoms with van der Waals surface area (Å²) >= 11 is 6.03. The summed E-state index contributed by atoms with van der Waals surface area (Å²) in [6.07, 6.45) is -6.87. The number of aromatic nitrogens is 1. The van der Waals surface area contributed by atoms with Crippen LogP contribution in [-0.4, -0.2) is 40.8 Å². The van der Waals surface area contributed by atoms with E-state index in [1.54, 1.807) is 30.3 Å². The van der Waals surface area contributed by atoms with E-state index in [-0.39, 0.29) is 22.7 Å². The molecular weight excluding hydrogens is 545 g/mol. The molecule has 0 saturated heterocycles. The molecule has 3 N–H and O–H groups in total. The predicted molar refractivity (Wildman–Crippen MR) is 133 cm³/mol. The maximum absolute atomic E-state index is 14.9. The highest BCUT2D eigenvalue weighted by Gasteiger charge is 2.45. The smallest absolute Gasteiger partial charge is 0.428 e. The topological polar surface area (TPSA) is 83.5 Å². The van der Waals surface area contributed by atoms with Gasteiger partial charge in [0.1, 0.15) is 17.1 Å². The maximum Gasteiger partial charge on any atom is 0.461 e. The average molecular weight is 570 g/mol. The van der Waals surface area contributed by atoms with Crippen molar-refractivity contribution in [2.45, 2.75) is 55.9 Å². The van der Waals surface area contributed by atoms with Crippen LogP contribution in [0, 0.1) is 5.82 Å². The molecule has 39 heavy (non-hydrogen) atoms. The van der Waals surface area contributed by atoms with Crippen molar-refractivity contribution in [3.8, 4) is 5.75 Å². The number of aliphatic hydroxyl groups excluding tert-OH is 1. The molecule has 4 rings (SSSR count). The lowest BCUT2D eigenvalue weighted by atomic mass is 9.80. The number of pyridine rings is 1. The van der Waals surface area contributed by atoms with Crippen molar-refractivity contribution in [3.05, 3.63) is 94.5 Å². The van der Waals surface area contributed by atoms with Crippen LogP contribution in [0.25, 0.3) is 0 Å². The molecule has 6 nitrogen and oxygen atoms in total. The number of halogens is 6. The maximum atomic E-state index is 14.9. The van der Waals surface area contributed by atoms with Gasteiger partial charge in [0.25, 0.3) is 0 Å². The first-order valence-electron chi connectivity index (χ1n) is 12.1. The Morgan fingerprint density at radius 3 is 2.49 bits per heavy atom. The van der Waals surface area contributed by atoms with Gasteiger partial charge < -0.3 is 20.5 Å². The standard InChI is InChI=1S/C27H25ClF5N3O3/c28-18-9-10-23(34-15-18)26(14-16-5-2-1-3-6-16,36-25(38)35-21-7-4-8-22(21)37)17-11-19(29)13-20(12-17)39-27(32,33)24(30)31/h1-3,5-6,9-13,15,21-22,24,37H,4,7-8,14H2,(H2,35,36,38)/t21-,22+,26+/m1/s1. The van der Waals surface area contributed by atoms with Gasteiger partial charge in [-0.3, -0.25) is 4.98 Å². The number of ether oxygens (including phenoxy) is 1.